The van der Waals surface area contributed by atoms with Gasteiger partial charge >= 0.3 is 0 Å². The van der Waals surface area contributed by atoms with Crippen molar-refractivity contribution in [3.05, 3.63) is 0 Å². The third-order valence-electron chi connectivity index (χ3n) is 1.29. The summed E-state index contributed by atoms with van der Waals surface area (Å²) in [6.45, 7) is 3.91. The Balaban J connectivity index is 4.58. The van der Waals surface area contributed by atoms with Crippen LogP contribution in [-0.2, 0) is 10.0 Å². The molecule has 0 heterocycles. The van der Waals surface area contributed by atoms with Crippen molar-refractivity contribution < 1.29 is 18.6 Å². The maximum absolute atomic E-state index is 11.4. The Hall–Kier alpha value is -0.170. The number of sulfonamides is 1. The Labute approximate surface area is 78.8 Å². The highest BCUT2D eigenvalue weighted by atomic mass is 32.2. The number of rotatable bonds is 4. The van der Waals surface area contributed by atoms with Crippen LogP contribution >= 0.6 is 0 Å². The van der Waals surface area contributed by atoms with Crippen LogP contribution in [0.1, 0.15) is 20.8 Å². The number of hydrogen-bond donors (Lipinski definition) is 3. The lowest BCUT2D eigenvalue weighted by Gasteiger charge is -2.23. The lowest BCUT2D eigenvalue weighted by atomic mass is 10.1. The third kappa shape index (κ3) is 4.56. The average molecular weight is 211 g/mol. The number of nitrogens with one attached hydrogen (secondary N) is 1. The third-order valence-corrected chi connectivity index (χ3v) is 3.37. The summed E-state index contributed by atoms with van der Waals surface area (Å²) in [4.78, 5) is 0. The van der Waals surface area contributed by atoms with E-state index in [4.69, 9.17) is 10.2 Å². The topological polar surface area (TPSA) is 86.6 Å². The van der Waals surface area contributed by atoms with Gasteiger partial charge in [-0.2, -0.15) is 0 Å². The van der Waals surface area contributed by atoms with E-state index < -0.39 is 34.0 Å². The molecule has 0 rings (SSSR count). The standard InChI is InChI=1S/C7H17NO4S/c1-7(2,3)8-13(11,12)6(4-9)5-10/h6,8-10H,4-5H2,1-3H3. The summed E-state index contributed by atoms with van der Waals surface area (Å²) in [6.07, 6.45) is 0. The van der Waals surface area contributed by atoms with E-state index in [-0.39, 0.29) is 0 Å². The average Bonchev–Trinajstić information content (AvgIpc) is 1.83. The molecule has 5 nitrogen and oxygen atoms in total. The summed E-state index contributed by atoms with van der Waals surface area (Å²) in [5.41, 5.74) is -0.596. The highest BCUT2D eigenvalue weighted by molar-refractivity contribution is 7.90. The SMILES string of the molecule is CC(C)(C)NS(=O)(=O)C(CO)CO. The minimum absolute atomic E-state index is 0.581. The van der Waals surface area contributed by atoms with Gasteiger partial charge in [0.1, 0.15) is 5.25 Å². The highest BCUT2D eigenvalue weighted by Gasteiger charge is 2.28. The van der Waals surface area contributed by atoms with Gasteiger partial charge in [0, 0.05) is 5.54 Å². The summed E-state index contributed by atoms with van der Waals surface area (Å²) in [7, 11) is -3.63. The van der Waals surface area contributed by atoms with E-state index >= 15 is 0 Å². The maximum Gasteiger partial charge on any atom is 0.219 e. The van der Waals surface area contributed by atoms with E-state index in [0.717, 1.165) is 0 Å². The van der Waals surface area contributed by atoms with E-state index in [1.807, 2.05) is 0 Å². The first-order valence-corrected chi connectivity index (χ1v) is 5.52. The molecule has 6 heteroatoms. The molecule has 0 unspecified atom stereocenters. The molecule has 0 spiro atoms. The quantitative estimate of drug-likeness (QED) is 0.560. The maximum atomic E-state index is 11.4. The Morgan fingerprint density at radius 1 is 1.23 bits per heavy atom. The van der Waals surface area contributed by atoms with Crippen molar-refractivity contribution in [1.82, 2.24) is 4.72 Å². The van der Waals surface area contributed by atoms with Crippen LogP contribution in [0.25, 0.3) is 0 Å². The number of aliphatic hydroxyl groups is 2. The van der Waals surface area contributed by atoms with Gasteiger partial charge in [0.05, 0.1) is 13.2 Å². The Morgan fingerprint density at radius 2 is 1.62 bits per heavy atom. The van der Waals surface area contributed by atoms with Gasteiger partial charge in [0.2, 0.25) is 10.0 Å². The van der Waals surface area contributed by atoms with Gasteiger partial charge in [-0.15, -0.1) is 0 Å². The summed E-state index contributed by atoms with van der Waals surface area (Å²) < 4.78 is 25.1. The molecule has 0 fully saturated rings. The molecule has 0 bridgehead atoms. The van der Waals surface area contributed by atoms with Crippen LogP contribution < -0.4 is 4.72 Å². The monoisotopic (exact) mass is 211 g/mol. The van der Waals surface area contributed by atoms with Crippen LogP contribution in [0.15, 0.2) is 0 Å². The van der Waals surface area contributed by atoms with Crippen molar-refractivity contribution >= 4 is 10.0 Å². The highest BCUT2D eigenvalue weighted by Crippen LogP contribution is 2.06. The molecule has 0 aromatic rings. The Bertz CT molecular complexity index is 238. The predicted molar refractivity (Wildman–Crippen MR) is 49.8 cm³/mol. The van der Waals surface area contributed by atoms with E-state index in [2.05, 4.69) is 4.72 Å². The van der Waals surface area contributed by atoms with Crippen molar-refractivity contribution in [3.8, 4) is 0 Å². The smallest absolute Gasteiger partial charge is 0.219 e. The van der Waals surface area contributed by atoms with Crippen LogP contribution in [0.5, 0.6) is 0 Å². The fourth-order valence-corrected chi connectivity index (χ4v) is 2.18. The summed E-state index contributed by atoms with van der Waals surface area (Å²) in [6, 6.07) is 0. The van der Waals surface area contributed by atoms with Crippen LogP contribution in [0.3, 0.4) is 0 Å². The first-order valence-electron chi connectivity index (χ1n) is 3.97. The minimum Gasteiger partial charge on any atom is -0.395 e. The van der Waals surface area contributed by atoms with Crippen molar-refractivity contribution in [2.24, 2.45) is 0 Å². The molecular weight excluding hydrogens is 194 g/mol. The van der Waals surface area contributed by atoms with E-state index in [1.165, 1.54) is 0 Å². The molecule has 0 aromatic carbocycles. The molecule has 3 N–H and O–H groups in total. The van der Waals surface area contributed by atoms with Crippen LogP contribution in [0, 0.1) is 0 Å². The summed E-state index contributed by atoms with van der Waals surface area (Å²) >= 11 is 0. The molecule has 0 aliphatic rings. The number of aliphatic hydroxyl groups excluding tert-OH is 2. The first-order chi connectivity index (χ1) is 5.73. The van der Waals surface area contributed by atoms with Crippen molar-refractivity contribution in [1.29, 1.82) is 0 Å². The van der Waals surface area contributed by atoms with Crippen molar-refractivity contribution in [2.45, 2.75) is 31.6 Å². The molecule has 80 valence electrons. The zero-order valence-electron chi connectivity index (χ0n) is 8.11. The molecule has 0 aliphatic heterocycles. The van der Waals surface area contributed by atoms with Gasteiger partial charge in [-0.1, -0.05) is 0 Å². The van der Waals surface area contributed by atoms with Crippen LogP contribution in [0.2, 0.25) is 0 Å². The summed E-state index contributed by atoms with van der Waals surface area (Å²) in [5, 5.41) is 16.2. The van der Waals surface area contributed by atoms with Crippen LogP contribution in [0.4, 0.5) is 0 Å². The fraction of sp³-hybridized carbons (Fsp3) is 1.00. The molecule has 0 aliphatic carbocycles. The van der Waals surface area contributed by atoms with Crippen LogP contribution in [-0.4, -0.2) is 42.6 Å². The molecule has 0 radical (unpaired) electrons. The lowest BCUT2D eigenvalue weighted by molar-refractivity contribution is 0.222. The Kier molecular flexibility index (Phi) is 4.31. The second kappa shape index (κ2) is 4.36. The zero-order valence-corrected chi connectivity index (χ0v) is 8.93. The molecular formula is C7H17NO4S. The largest absolute Gasteiger partial charge is 0.395 e. The Morgan fingerprint density at radius 3 is 1.85 bits per heavy atom. The van der Waals surface area contributed by atoms with Crippen molar-refractivity contribution in [3.63, 3.8) is 0 Å². The molecule has 0 saturated heterocycles. The fourth-order valence-electron chi connectivity index (χ4n) is 0.764. The normalized spacial score (nSPS) is 13.7. The van der Waals surface area contributed by atoms with E-state index in [1.54, 1.807) is 20.8 Å². The predicted octanol–water partition coefficient (Wildman–Crippen LogP) is -0.942. The van der Waals surface area contributed by atoms with Crippen molar-refractivity contribution in [2.75, 3.05) is 13.2 Å². The molecule has 0 saturated carbocycles. The van der Waals surface area contributed by atoms with Gasteiger partial charge < -0.3 is 10.2 Å². The molecule has 0 atom stereocenters. The molecule has 0 aromatic heterocycles. The van der Waals surface area contributed by atoms with Gasteiger partial charge in [0.25, 0.3) is 0 Å². The van der Waals surface area contributed by atoms with Gasteiger partial charge in [-0.25, -0.2) is 13.1 Å². The van der Waals surface area contributed by atoms with Gasteiger partial charge in [0.15, 0.2) is 0 Å². The molecule has 0 amide bonds. The lowest BCUT2D eigenvalue weighted by Crippen LogP contribution is -2.47. The summed E-state index contributed by atoms with van der Waals surface area (Å²) in [5.74, 6) is 0. The van der Waals surface area contributed by atoms with E-state index in [0.29, 0.717) is 0 Å². The van der Waals surface area contributed by atoms with Gasteiger partial charge in [-0.3, -0.25) is 0 Å². The number of hydrogen-bond acceptors (Lipinski definition) is 4. The second-order valence-electron chi connectivity index (χ2n) is 3.88. The first kappa shape index (κ1) is 12.8. The zero-order chi connectivity index (χ0) is 10.7. The second-order valence-corrected chi connectivity index (χ2v) is 5.85. The minimum atomic E-state index is -3.63. The molecule has 13 heavy (non-hydrogen) atoms. The van der Waals surface area contributed by atoms with Gasteiger partial charge in [-0.05, 0) is 20.8 Å². The van der Waals surface area contributed by atoms with E-state index in [9.17, 15) is 8.42 Å².